The van der Waals surface area contributed by atoms with Crippen molar-refractivity contribution in [2.45, 2.75) is 13.8 Å². The minimum atomic E-state index is -0.607. The summed E-state index contributed by atoms with van der Waals surface area (Å²) in [6.45, 7) is 3.29. The zero-order chi connectivity index (χ0) is 24.4. The topological polar surface area (TPSA) is 102 Å². The molecule has 0 saturated carbocycles. The number of carbonyl (C=O) groups is 4. The lowest BCUT2D eigenvalue weighted by Crippen LogP contribution is -2.37. The predicted molar refractivity (Wildman–Crippen MR) is 127 cm³/mol. The van der Waals surface area contributed by atoms with Crippen LogP contribution in [0.3, 0.4) is 0 Å². The smallest absolute Gasteiger partial charge is 0.341 e. The van der Waals surface area contributed by atoms with Gasteiger partial charge in [0.2, 0.25) is 5.91 Å². The summed E-state index contributed by atoms with van der Waals surface area (Å²) in [7, 11) is 1.54. The molecule has 34 heavy (non-hydrogen) atoms. The van der Waals surface area contributed by atoms with Gasteiger partial charge in [0, 0.05) is 16.5 Å². The Bertz CT molecular complexity index is 1280. The minimum absolute atomic E-state index is 0.154. The summed E-state index contributed by atoms with van der Waals surface area (Å²) in [4.78, 5) is 51.8. The number of hydrogen-bond donors (Lipinski definition) is 1. The first-order chi connectivity index (χ1) is 16.3. The van der Waals surface area contributed by atoms with Gasteiger partial charge in [0.25, 0.3) is 11.8 Å². The molecule has 0 saturated heterocycles. The number of anilines is 1. The second-order valence-corrected chi connectivity index (χ2v) is 8.45. The molecule has 3 amide bonds. The number of ether oxygens (including phenoxy) is 2. The molecule has 4 rings (SSSR count). The summed E-state index contributed by atoms with van der Waals surface area (Å²) >= 11 is 1.15. The van der Waals surface area contributed by atoms with E-state index in [0.717, 1.165) is 21.8 Å². The summed E-state index contributed by atoms with van der Waals surface area (Å²) in [5, 5.41) is 4.68. The summed E-state index contributed by atoms with van der Waals surface area (Å²) in [5.74, 6) is -1.70. The SMILES string of the molecule is CCOC(=O)c1c(-c2cc(C)ccc2OC)csc1NC(=O)CN1C(=O)c2ccccc2C1=O. The Morgan fingerprint density at radius 2 is 1.68 bits per heavy atom. The van der Waals surface area contributed by atoms with Crippen LogP contribution in [0, 0.1) is 6.92 Å². The molecule has 0 bridgehead atoms. The molecule has 1 aliphatic rings. The maximum atomic E-state index is 12.9. The normalized spacial score (nSPS) is 12.5. The predicted octanol–water partition coefficient (Wildman–Crippen LogP) is 4.14. The van der Waals surface area contributed by atoms with Gasteiger partial charge in [-0.25, -0.2) is 4.79 Å². The average Bonchev–Trinajstić information content (AvgIpc) is 3.34. The largest absolute Gasteiger partial charge is 0.496 e. The van der Waals surface area contributed by atoms with Crippen molar-refractivity contribution in [1.82, 2.24) is 4.90 Å². The van der Waals surface area contributed by atoms with E-state index >= 15 is 0 Å². The van der Waals surface area contributed by atoms with E-state index in [1.807, 2.05) is 19.1 Å². The van der Waals surface area contributed by atoms with Crippen LogP contribution < -0.4 is 10.1 Å². The van der Waals surface area contributed by atoms with Crippen LogP contribution in [0.1, 0.15) is 43.6 Å². The zero-order valence-corrected chi connectivity index (χ0v) is 19.7. The van der Waals surface area contributed by atoms with Crippen molar-refractivity contribution >= 4 is 40.0 Å². The molecule has 9 heteroatoms. The molecule has 1 aromatic heterocycles. The maximum Gasteiger partial charge on any atom is 0.341 e. The third-order valence-corrected chi connectivity index (χ3v) is 6.24. The quantitative estimate of drug-likeness (QED) is 0.404. The molecule has 2 aromatic carbocycles. The average molecular weight is 479 g/mol. The van der Waals surface area contributed by atoms with Gasteiger partial charge in [-0.1, -0.05) is 23.8 Å². The molecule has 2 heterocycles. The first kappa shape index (κ1) is 23.2. The summed E-state index contributed by atoms with van der Waals surface area (Å²) in [5.41, 5.74) is 2.91. The Hall–Kier alpha value is -3.98. The molecule has 174 valence electrons. The molecule has 8 nitrogen and oxygen atoms in total. The molecule has 0 radical (unpaired) electrons. The Kier molecular flexibility index (Phi) is 6.47. The molecule has 0 aliphatic carbocycles. The molecule has 1 aliphatic heterocycles. The number of esters is 1. The van der Waals surface area contributed by atoms with E-state index in [-0.39, 0.29) is 28.3 Å². The number of methoxy groups -OCH3 is 1. The summed E-state index contributed by atoms with van der Waals surface area (Å²) < 4.78 is 10.7. The number of aryl methyl sites for hydroxylation is 1. The minimum Gasteiger partial charge on any atom is -0.496 e. The standard InChI is InChI=1S/C25H22N2O6S/c1-4-33-25(31)21-18(17-11-14(2)9-10-19(17)32-3)13-34-22(21)26-20(28)12-27-23(29)15-7-5-6-8-16(15)24(27)30/h5-11,13H,4,12H2,1-3H3,(H,26,28). The van der Waals surface area contributed by atoms with E-state index in [2.05, 4.69) is 5.32 Å². The van der Waals surface area contributed by atoms with Crippen LogP contribution in [0.4, 0.5) is 5.00 Å². The summed E-state index contributed by atoms with van der Waals surface area (Å²) in [6, 6.07) is 12.0. The highest BCUT2D eigenvalue weighted by Gasteiger charge is 2.36. The molecule has 1 N–H and O–H groups in total. The first-order valence-corrected chi connectivity index (χ1v) is 11.4. The van der Waals surface area contributed by atoms with E-state index in [1.165, 1.54) is 7.11 Å². The van der Waals surface area contributed by atoms with Crippen molar-refractivity contribution in [1.29, 1.82) is 0 Å². The van der Waals surface area contributed by atoms with Gasteiger partial charge >= 0.3 is 5.97 Å². The first-order valence-electron chi connectivity index (χ1n) is 10.5. The Morgan fingerprint density at radius 1 is 1.00 bits per heavy atom. The Morgan fingerprint density at radius 3 is 2.29 bits per heavy atom. The number of carbonyl (C=O) groups excluding carboxylic acids is 4. The maximum absolute atomic E-state index is 12.9. The number of imide groups is 1. The van der Waals surface area contributed by atoms with Gasteiger partial charge in [-0.15, -0.1) is 11.3 Å². The zero-order valence-electron chi connectivity index (χ0n) is 18.8. The lowest BCUT2D eigenvalue weighted by atomic mass is 10.0. The van der Waals surface area contributed by atoms with Gasteiger partial charge in [-0.2, -0.15) is 0 Å². The highest BCUT2D eigenvalue weighted by molar-refractivity contribution is 7.15. The number of amides is 3. The van der Waals surface area contributed by atoms with Crippen molar-refractivity contribution in [3.05, 3.63) is 70.1 Å². The van der Waals surface area contributed by atoms with E-state index in [9.17, 15) is 19.2 Å². The number of hydrogen-bond acceptors (Lipinski definition) is 7. The third kappa shape index (κ3) is 4.17. The van der Waals surface area contributed by atoms with E-state index < -0.39 is 30.2 Å². The molecular formula is C25H22N2O6S. The van der Waals surface area contributed by atoms with Crippen molar-refractivity contribution < 1.29 is 28.7 Å². The van der Waals surface area contributed by atoms with Crippen LogP contribution in [0.5, 0.6) is 5.75 Å². The fraction of sp³-hybridized carbons (Fsp3) is 0.200. The number of thiophene rings is 1. The number of fused-ring (bicyclic) bond motifs is 1. The van der Waals surface area contributed by atoms with Gasteiger partial charge < -0.3 is 14.8 Å². The fourth-order valence-electron chi connectivity index (χ4n) is 3.78. The number of nitrogens with one attached hydrogen (secondary N) is 1. The van der Waals surface area contributed by atoms with Crippen molar-refractivity contribution in [2.75, 3.05) is 25.6 Å². The molecule has 0 spiro atoms. The van der Waals surface area contributed by atoms with Crippen LogP contribution >= 0.6 is 11.3 Å². The number of rotatable bonds is 7. The van der Waals surface area contributed by atoms with Crippen LogP contribution in [-0.4, -0.2) is 48.9 Å². The van der Waals surface area contributed by atoms with E-state index in [0.29, 0.717) is 16.9 Å². The van der Waals surface area contributed by atoms with Crippen molar-refractivity contribution in [3.8, 4) is 16.9 Å². The van der Waals surface area contributed by atoms with Crippen LogP contribution in [0.15, 0.2) is 47.8 Å². The number of nitrogens with zero attached hydrogens (tertiary/aromatic N) is 1. The molecular weight excluding hydrogens is 456 g/mol. The monoisotopic (exact) mass is 478 g/mol. The van der Waals surface area contributed by atoms with Gasteiger partial charge in [-0.3, -0.25) is 19.3 Å². The second kappa shape index (κ2) is 9.48. The van der Waals surface area contributed by atoms with Gasteiger partial charge in [0.1, 0.15) is 22.9 Å². The van der Waals surface area contributed by atoms with Gasteiger partial charge in [0.05, 0.1) is 24.8 Å². The highest BCUT2D eigenvalue weighted by atomic mass is 32.1. The fourth-order valence-corrected chi connectivity index (χ4v) is 4.74. The van der Waals surface area contributed by atoms with E-state index in [1.54, 1.807) is 42.6 Å². The highest BCUT2D eigenvalue weighted by Crippen LogP contribution is 2.40. The second-order valence-electron chi connectivity index (χ2n) is 7.57. The van der Waals surface area contributed by atoms with Gasteiger partial charge in [-0.05, 0) is 38.1 Å². The lowest BCUT2D eigenvalue weighted by molar-refractivity contribution is -0.116. The van der Waals surface area contributed by atoms with Crippen molar-refractivity contribution in [2.24, 2.45) is 0 Å². The van der Waals surface area contributed by atoms with Gasteiger partial charge in [0.15, 0.2) is 0 Å². The van der Waals surface area contributed by atoms with Crippen LogP contribution in [-0.2, 0) is 9.53 Å². The Labute approximate surface area is 200 Å². The molecule has 0 unspecified atom stereocenters. The Balaban J connectivity index is 1.63. The van der Waals surface area contributed by atoms with Crippen molar-refractivity contribution in [3.63, 3.8) is 0 Å². The molecule has 3 aromatic rings. The number of benzene rings is 2. The van der Waals surface area contributed by atoms with Crippen LogP contribution in [0.25, 0.3) is 11.1 Å². The molecule has 0 atom stereocenters. The third-order valence-electron chi connectivity index (χ3n) is 5.35. The summed E-state index contributed by atoms with van der Waals surface area (Å²) in [6.07, 6.45) is 0. The van der Waals surface area contributed by atoms with E-state index in [4.69, 9.17) is 9.47 Å². The molecule has 0 fully saturated rings. The van der Waals surface area contributed by atoms with Crippen LogP contribution in [0.2, 0.25) is 0 Å². The lowest BCUT2D eigenvalue weighted by Gasteiger charge is -2.14.